The molecule has 2 aliphatic rings. The maximum Gasteiger partial charge on any atom is 0.251 e. The summed E-state index contributed by atoms with van der Waals surface area (Å²) < 4.78 is 27.6. The zero-order chi connectivity index (χ0) is 29.9. The molecule has 3 aromatic rings. The first kappa shape index (κ1) is 29.9. The maximum atomic E-state index is 12.8. The van der Waals surface area contributed by atoms with Crippen LogP contribution in [0, 0.1) is 23.2 Å². The molecule has 12 heteroatoms. The molecule has 2 aliphatic heterocycles. The van der Waals surface area contributed by atoms with Gasteiger partial charge in [0.05, 0.1) is 48.9 Å². The monoisotopic (exact) mass is 574 g/mol. The van der Waals surface area contributed by atoms with Gasteiger partial charge in [-0.25, -0.2) is 18.7 Å². The van der Waals surface area contributed by atoms with Crippen LogP contribution in [0.25, 0.3) is 11.3 Å². The lowest BCUT2D eigenvalue weighted by Gasteiger charge is -2.31. The highest BCUT2D eigenvalue weighted by molar-refractivity contribution is 6.18. The molecular formula is C30H37BF2N8O. The Kier molecular flexibility index (Phi) is 9.09. The largest absolute Gasteiger partial charge is 0.396 e. The molecule has 0 spiro atoms. The van der Waals surface area contributed by atoms with E-state index in [2.05, 4.69) is 35.5 Å². The van der Waals surface area contributed by atoms with Gasteiger partial charge in [0.2, 0.25) is 5.95 Å². The summed E-state index contributed by atoms with van der Waals surface area (Å²) in [6.07, 6.45) is 4.71. The second kappa shape index (κ2) is 12.8. The molecule has 5 rings (SSSR count). The van der Waals surface area contributed by atoms with Crippen LogP contribution in [0.15, 0.2) is 30.6 Å². The maximum absolute atomic E-state index is 12.8. The van der Waals surface area contributed by atoms with Crippen molar-refractivity contribution in [3.8, 4) is 17.3 Å². The minimum Gasteiger partial charge on any atom is -0.396 e. The summed E-state index contributed by atoms with van der Waals surface area (Å²) in [5.41, 5.74) is 4.99. The number of hydrogen-bond acceptors (Lipinski definition) is 8. The highest BCUT2D eigenvalue weighted by Gasteiger charge is 2.35. The van der Waals surface area contributed by atoms with E-state index in [-0.39, 0.29) is 13.2 Å². The Labute approximate surface area is 246 Å². The predicted octanol–water partition coefficient (Wildman–Crippen LogP) is 4.30. The highest BCUT2D eigenvalue weighted by atomic mass is 19.3. The fourth-order valence-corrected chi connectivity index (χ4v) is 5.80. The Bertz CT molecular complexity index is 1430. The van der Waals surface area contributed by atoms with Crippen LogP contribution in [0.5, 0.6) is 0 Å². The molecule has 0 saturated carbocycles. The minimum atomic E-state index is -2.30. The number of aromatic nitrogens is 4. The lowest BCUT2D eigenvalue weighted by molar-refractivity contribution is 0.0665. The molecule has 2 aromatic heterocycles. The molecule has 42 heavy (non-hydrogen) atoms. The van der Waals surface area contributed by atoms with E-state index in [0.29, 0.717) is 65.5 Å². The smallest absolute Gasteiger partial charge is 0.251 e. The minimum absolute atomic E-state index is 0.157. The summed E-state index contributed by atoms with van der Waals surface area (Å²) in [6, 6.07) is 7.64. The lowest BCUT2D eigenvalue weighted by Crippen LogP contribution is -2.38. The first-order valence-corrected chi connectivity index (χ1v) is 14.6. The number of benzene rings is 1. The number of aliphatic hydroxyl groups is 1. The van der Waals surface area contributed by atoms with Crippen LogP contribution in [0.4, 0.5) is 26.1 Å². The van der Waals surface area contributed by atoms with Crippen LogP contribution >= 0.6 is 0 Å². The van der Waals surface area contributed by atoms with Gasteiger partial charge in [-0.3, -0.25) is 9.58 Å². The van der Waals surface area contributed by atoms with Crippen LogP contribution < -0.4 is 10.6 Å². The molecule has 220 valence electrons. The van der Waals surface area contributed by atoms with Gasteiger partial charge in [0.25, 0.3) is 6.43 Å². The number of alkyl halides is 2. The predicted molar refractivity (Wildman–Crippen MR) is 159 cm³/mol. The topological polar surface area (TPSA) is 115 Å². The number of halogens is 2. The van der Waals surface area contributed by atoms with E-state index in [0.717, 1.165) is 43.6 Å². The number of piperidine rings is 1. The third-order valence-electron chi connectivity index (χ3n) is 8.30. The molecule has 1 saturated heterocycles. The van der Waals surface area contributed by atoms with E-state index in [1.165, 1.54) is 0 Å². The van der Waals surface area contributed by atoms with E-state index >= 15 is 0 Å². The number of likely N-dealkylation sites (tertiary alicyclic amines) is 1. The molecule has 4 heterocycles. The van der Waals surface area contributed by atoms with Gasteiger partial charge in [-0.1, -0.05) is 13.8 Å². The van der Waals surface area contributed by atoms with E-state index in [1.54, 1.807) is 24.5 Å². The number of fused-ring (bicyclic) bond motifs is 1. The van der Waals surface area contributed by atoms with Gasteiger partial charge in [-0.15, -0.1) is 0 Å². The molecular weight excluding hydrogens is 537 g/mol. The van der Waals surface area contributed by atoms with Crippen LogP contribution in [0.1, 0.15) is 49.9 Å². The van der Waals surface area contributed by atoms with Crippen LogP contribution in [-0.4, -0.2) is 76.8 Å². The second-order valence-corrected chi connectivity index (χ2v) is 11.9. The summed E-state index contributed by atoms with van der Waals surface area (Å²) in [6.45, 7) is 6.40. The Balaban J connectivity index is 1.37. The standard InChI is InChI=1S/C30H37BF2N8O/c1-19(2)3-4-26-25(14-37-41(26)15-20-6-9-40(10-7-20)16-27(32)33)39-29-35-8-5-24(38-29)21-11-22(13-34)28-23(12-21)30(31,18-42)17-36-28/h5,8,11-12,14,19-20,27,36,42H,3-4,6-7,9-10,15-18H2,1-2H3,(H,35,38,39)/t30-/m0/s1. The number of aliphatic hydroxyl groups excluding tert-OH is 1. The summed E-state index contributed by atoms with van der Waals surface area (Å²) in [5, 5.41) is 30.0. The first-order valence-electron chi connectivity index (χ1n) is 14.6. The second-order valence-electron chi connectivity index (χ2n) is 11.9. The van der Waals surface area contributed by atoms with Crippen molar-refractivity contribution in [1.82, 2.24) is 24.6 Å². The van der Waals surface area contributed by atoms with E-state index in [1.807, 2.05) is 15.6 Å². The molecule has 0 bridgehead atoms. The van der Waals surface area contributed by atoms with Crippen molar-refractivity contribution in [2.45, 2.75) is 57.8 Å². The molecule has 0 amide bonds. The number of nitrogens with zero attached hydrogens (tertiary/aromatic N) is 6. The summed E-state index contributed by atoms with van der Waals surface area (Å²) in [4.78, 5) is 11.0. The summed E-state index contributed by atoms with van der Waals surface area (Å²) in [5.74, 6) is 1.29. The van der Waals surface area contributed by atoms with Gasteiger partial charge >= 0.3 is 0 Å². The van der Waals surface area contributed by atoms with Crippen LogP contribution in [0.3, 0.4) is 0 Å². The van der Waals surface area contributed by atoms with Gasteiger partial charge in [0, 0.05) is 31.5 Å². The summed E-state index contributed by atoms with van der Waals surface area (Å²) >= 11 is 0. The van der Waals surface area contributed by atoms with Crippen molar-refractivity contribution in [2.75, 3.05) is 43.4 Å². The molecule has 0 unspecified atom stereocenters. The number of hydrogen-bond donors (Lipinski definition) is 3. The van der Waals surface area contributed by atoms with Crippen molar-refractivity contribution in [3.05, 3.63) is 47.4 Å². The fourth-order valence-electron chi connectivity index (χ4n) is 5.80. The number of anilines is 3. The van der Waals surface area contributed by atoms with Crippen molar-refractivity contribution >= 4 is 25.2 Å². The molecule has 1 fully saturated rings. The Morgan fingerprint density at radius 2 is 2.07 bits per heavy atom. The van der Waals surface area contributed by atoms with Crippen molar-refractivity contribution in [3.63, 3.8) is 0 Å². The van der Waals surface area contributed by atoms with Gasteiger partial charge in [0.15, 0.2) is 0 Å². The Morgan fingerprint density at radius 1 is 1.29 bits per heavy atom. The average Bonchev–Trinajstić information content (AvgIpc) is 3.52. The quantitative estimate of drug-likeness (QED) is 0.291. The highest BCUT2D eigenvalue weighted by Crippen LogP contribution is 2.39. The number of rotatable bonds is 11. The molecule has 2 radical (unpaired) electrons. The average molecular weight is 574 g/mol. The zero-order valence-corrected chi connectivity index (χ0v) is 24.2. The van der Waals surface area contributed by atoms with E-state index in [4.69, 9.17) is 17.9 Å². The third-order valence-corrected chi connectivity index (χ3v) is 8.30. The fraction of sp³-hybridized carbons (Fsp3) is 0.533. The van der Waals surface area contributed by atoms with E-state index < -0.39 is 11.7 Å². The van der Waals surface area contributed by atoms with Gasteiger partial charge in [0.1, 0.15) is 6.07 Å². The molecule has 9 nitrogen and oxygen atoms in total. The molecule has 3 N–H and O–H groups in total. The lowest BCUT2D eigenvalue weighted by atomic mass is 9.65. The van der Waals surface area contributed by atoms with Crippen molar-refractivity contribution < 1.29 is 13.9 Å². The van der Waals surface area contributed by atoms with Crippen molar-refractivity contribution in [2.24, 2.45) is 11.8 Å². The normalized spacial score (nSPS) is 19.2. The third kappa shape index (κ3) is 6.58. The Morgan fingerprint density at radius 3 is 2.76 bits per heavy atom. The van der Waals surface area contributed by atoms with Crippen LogP contribution in [0.2, 0.25) is 0 Å². The van der Waals surface area contributed by atoms with Gasteiger partial charge in [-0.05, 0) is 79.7 Å². The molecule has 0 aliphatic carbocycles. The van der Waals surface area contributed by atoms with E-state index in [9.17, 15) is 19.1 Å². The van der Waals surface area contributed by atoms with Crippen molar-refractivity contribution in [1.29, 1.82) is 5.26 Å². The molecule has 1 aromatic carbocycles. The number of nitriles is 1. The molecule has 1 atom stereocenters. The van der Waals surface area contributed by atoms with Gasteiger partial charge < -0.3 is 15.7 Å². The summed E-state index contributed by atoms with van der Waals surface area (Å²) in [7, 11) is 6.43. The zero-order valence-electron chi connectivity index (χ0n) is 24.2. The van der Waals surface area contributed by atoms with Gasteiger partial charge in [-0.2, -0.15) is 10.4 Å². The Hall–Kier alpha value is -3.56. The number of nitrogens with one attached hydrogen (secondary N) is 2. The SMILES string of the molecule is [B][C@]1(CO)CNc2c(C#N)cc(-c3ccnc(Nc4cnn(CC5CCN(CC(F)F)CC5)c4CCC(C)C)n3)cc21. The van der Waals surface area contributed by atoms with Crippen LogP contribution in [-0.2, 0) is 18.3 Å². The first-order chi connectivity index (χ1) is 20.2.